The van der Waals surface area contributed by atoms with Gasteiger partial charge in [0.05, 0.1) is 0 Å². The molecule has 3 rings (SSSR count). The minimum absolute atomic E-state index is 0.0245. The Morgan fingerprint density at radius 3 is 2.91 bits per heavy atom. The molecule has 6 heteroatoms. The van der Waals surface area contributed by atoms with E-state index in [-0.39, 0.29) is 5.91 Å². The lowest BCUT2D eigenvalue weighted by Gasteiger charge is -2.23. The van der Waals surface area contributed by atoms with Crippen molar-refractivity contribution in [1.29, 1.82) is 0 Å². The number of H-pyrrole nitrogens is 1. The second-order valence-corrected chi connectivity index (χ2v) is 5.81. The topological polar surface area (TPSA) is 87.0 Å². The van der Waals surface area contributed by atoms with Gasteiger partial charge in [0.2, 0.25) is 0 Å². The molecule has 0 fully saturated rings. The van der Waals surface area contributed by atoms with Crippen molar-refractivity contribution in [2.45, 2.75) is 25.9 Å². The van der Waals surface area contributed by atoms with Crippen molar-refractivity contribution in [3.05, 3.63) is 52.8 Å². The smallest absolute Gasteiger partial charge is 0.274 e. The molecule has 122 valence electrons. The van der Waals surface area contributed by atoms with E-state index >= 15 is 0 Å². The Morgan fingerprint density at radius 1 is 1.30 bits per heavy atom. The summed E-state index contributed by atoms with van der Waals surface area (Å²) >= 11 is 0. The number of hydrogen-bond donors (Lipinski definition) is 3. The molecule has 0 saturated carbocycles. The number of carbonyl (C=O) groups is 1. The number of aromatic nitrogens is 2. The molecule has 23 heavy (non-hydrogen) atoms. The van der Waals surface area contributed by atoms with Crippen LogP contribution in [0.2, 0.25) is 0 Å². The highest BCUT2D eigenvalue weighted by Gasteiger charge is 2.25. The van der Waals surface area contributed by atoms with E-state index in [1.54, 1.807) is 0 Å². The summed E-state index contributed by atoms with van der Waals surface area (Å²) in [6.07, 6.45) is 1.67. The maximum atomic E-state index is 13.0. The van der Waals surface area contributed by atoms with Crippen LogP contribution >= 0.6 is 0 Å². The number of carbonyl (C=O) groups excluding carboxylic acids is 1. The van der Waals surface area contributed by atoms with E-state index in [2.05, 4.69) is 15.5 Å². The van der Waals surface area contributed by atoms with Gasteiger partial charge in [-0.2, -0.15) is 5.10 Å². The van der Waals surface area contributed by atoms with Gasteiger partial charge in [0.1, 0.15) is 0 Å². The third-order valence-electron chi connectivity index (χ3n) is 4.14. The van der Waals surface area contributed by atoms with E-state index in [1.807, 2.05) is 35.2 Å². The first kappa shape index (κ1) is 15.7. The zero-order valence-corrected chi connectivity index (χ0v) is 13.2. The number of nitrogens with one attached hydrogen (secondary N) is 2. The van der Waals surface area contributed by atoms with Crippen molar-refractivity contribution >= 4 is 5.91 Å². The summed E-state index contributed by atoms with van der Waals surface area (Å²) in [6, 6.07) is 10.0. The molecule has 1 aliphatic rings. The molecule has 0 radical (unpaired) electrons. The summed E-state index contributed by atoms with van der Waals surface area (Å²) in [4.78, 5) is 14.8. The summed E-state index contributed by atoms with van der Waals surface area (Å²) in [5.74, 6) is -0.0245. The number of rotatable bonds is 6. The Kier molecular flexibility index (Phi) is 5.05. The van der Waals surface area contributed by atoms with Crippen LogP contribution in [-0.2, 0) is 19.5 Å². The third-order valence-corrected chi connectivity index (χ3v) is 4.14. The first-order chi connectivity index (χ1) is 11.3. The summed E-state index contributed by atoms with van der Waals surface area (Å²) in [5, 5.41) is 10.6. The van der Waals surface area contributed by atoms with Crippen molar-refractivity contribution in [3.63, 3.8) is 0 Å². The predicted molar refractivity (Wildman–Crippen MR) is 88.9 cm³/mol. The van der Waals surface area contributed by atoms with Crippen LogP contribution in [0.25, 0.3) is 0 Å². The maximum Gasteiger partial charge on any atom is 0.274 e. The van der Waals surface area contributed by atoms with Gasteiger partial charge in [-0.05, 0) is 18.5 Å². The van der Waals surface area contributed by atoms with Gasteiger partial charge in [-0.25, -0.2) is 0 Å². The van der Waals surface area contributed by atoms with E-state index in [0.717, 1.165) is 36.2 Å². The largest absolute Gasteiger partial charge is 0.333 e. The van der Waals surface area contributed by atoms with Crippen LogP contribution < -0.4 is 11.1 Å². The van der Waals surface area contributed by atoms with Crippen LogP contribution in [-0.4, -0.2) is 40.6 Å². The van der Waals surface area contributed by atoms with Gasteiger partial charge >= 0.3 is 0 Å². The molecule has 0 spiro atoms. The van der Waals surface area contributed by atoms with Gasteiger partial charge in [-0.3, -0.25) is 9.89 Å². The molecule has 1 aromatic carbocycles. The monoisotopic (exact) mass is 313 g/mol. The zero-order chi connectivity index (χ0) is 16.1. The third kappa shape index (κ3) is 3.60. The van der Waals surface area contributed by atoms with Crippen molar-refractivity contribution < 1.29 is 4.79 Å². The van der Waals surface area contributed by atoms with Crippen molar-refractivity contribution in [2.75, 3.05) is 19.6 Å². The lowest BCUT2D eigenvalue weighted by atomic mass is 10.1. The van der Waals surface area contributed by atoms with E-state index in [0.29, 0.717) is 31.9 Å². The molecule has 1 amide bonds. The molecule has 2 heterocycles. The second-order valence-electron chi connectivity index (χ2n) is 5.81. The zero-order valence-electron chi connectivity index (χ0n) is 13.2. The summed E-state index contributed by atoms with van der Waals surface area (Å²) in [6.45, 7) is 3.40. The van der Waals surface area contributed by atoms with E-state index in [9.17, 15) is 4.79 Å². The highest BCUT2D eigenvalue weighted by Crippen LogP contribution is 2.18. The molecule has 0 saturated heterocycles. The second kappa shape index (κ2) is 7.39. The number of aromatic amines is 1. The van der Waals surface area contributed by atoms with Crippen molar-refractivity contribution in [1.82, 2.24) is 20.4 Å². The lowest BCUT2D eigenvalue weighted by Crippen LogP contribution is -2.34. The average molecular weight is 313 g/mol. The van der Waals surface area contributed by atoms with Crippen molar-refractivity contribution in [3.8, 4) is 0 Å². The van der Waals surface area contributed by atoms with Gasteiger partial charge in [0.15, 0.2) is 5.69 Å². The normalized spacial score (nSPS) is 13.6. The molecule has 0 unspecified atom stereocenters. The van der Waals surface area contributed by atoms with Crippen LogP contribution in [0, 0.1) is 0 Å². The van der Waals surface area contributed by atoms with Gasteiger partial charge < -0.3 is 16.0 Å². The average Bonchev–Trinajstić information content (AvgIpc) is 3.03. The molecule has 4 N–H and O–H groups in total. The van der Waals surface area contributed by atoms with Gasteiger partial charge in [0, 0.05) is 43.9 Å². The van der Waals surface area contributed by atoms with E-state index < -0.39 is 0 Å². The SMILES string of the molecule is NCCCN(Cc1ccccc1)C(=O)c1n[nH]c2c1CNCC2. The van der Waals surface area contributed by atoms with Crippen LogP contribution in [0.4, 0.5) is 0 Å². The fourth-order valence-corrected chi connectivity index (χ4v) is 2.89. The lowest BCUT2D eigenvalue weighted by molar-refractivity contribution is 0.0735. The number of nitrogens with two attached hydrogens (primary N) is 1. The molecule has 0 atom stereocenters. The first-order valence-electron chi connectivity index (χ1n) is 8.09. The van der Waals surface area contributed by atoms with E-state index in [1.165, 1.54) is 0 Å². The van der Waals surface area contributed by atoms with Gasteiger partial charge in [0.25, 0.3) is 5.91 Å². The van der Waals surface area contributed by atoms with Gasteiger partial charge in [-0.15, -0.1) is 0 Å². The molecule has 0 bridgehead atoms. The molecule has 0 aliphatic carbocycles. The van der Waals surface area contributed by atoms with Crippen molar-refractivity contribution in [2.24, 2.45) is 5.73 Å². The maximum absolute atomic E-state index is 13.0. The van der Waals surface area contributed by atoms with Crippen LogP contribution in [0.3, 0.4) is 0 Å². The summed E-state index contributed by atoms with van der Waals surface area (Å²) in [7, 11) is 0. The molecule has 1 aromatic heterocycles. The van der Waals surface area contributed by atoms with Crippen LogP contribution in [0.5, 0.6) is 0 Å². The Hall–Kier alpha value is -2.18. The number of nitrogens with zero attached hydrogens (tertiary/aromatic N) is 2. The summed E-state index contributed by atoms with van der Waals surface area (Å²) < 4.78 is 0. The number of amides is 1. The Balaban J connectivity index is 1.81. The van der Waals surface area contributed by atoms with Crippen LogP contribution in [0.1, 0.15) is 33.7 Å². The predicted octanol–water partition coefficient (Wildman–Crippen LogP) is 1.05. The Morgan fingerprint density at radius 2 is 2.13 bits per heavy atom. The molecular weight excluding hydrogens is 290 g/mol. The fourth-order valence-electron chi connectivity index (χ4n) is 2.89. The molecule has 1 aliphatic heterocycles. The number of fused-ring (bicyclic) bond motifs is 1. The van der Waals surface area contributed by atoms with E-state index in [4.69, 9.17) is 5.73 Å². The standard InChI is InChI=1S/C17H23N5O/c18-8-4-10-22(12-13-5-2-1-3-6-13)17(23)16-14-11-19-9-7-15(14)20-21-16/h1-3,5-6,19H,4,7-12,18H2,(H,20,21). The molecular formula is C17H23N5O. The quantitative estimate of drug-likeness (QED) is 0.744. The first-order valence-corrected chi connectivity index (χ1v) is 8.09. The van der Waals surface area contributed by atoms with Gasteiger partial charge in [-0.1, -0.05) is 30.3 Å². The molecule has 2 aromatic rings. The number of hydrogen-bond acceptors (Lipinski definition) is 4. The minimum atomic E-state index is -0.0245. The Labute approximate surface area is 136 Å². The van der Waals surface area contributed by atoms with Crippen LogP contribution in [0.15, 0.2) is 30.3 Å². The molecule has 6 nitrogen and oxygen atoms in total. The highest BCUT2D eigenvalue weighted by molar-refractivity contribution is 5.94. The fraction of sp³-hybridized carbons (Fsp3) is 0.412. The minimum Gasteiger partial charge on any atom is -0.333 e. The summed E-state index contributed by atoms with van der Waals surface area (Å²) in [5.41, 5.74) is 9.36. The highest BCUT2D eigenvalue weighted by atomic mass is 16.2. The Bertz CT molecular complexity index is 652. The number of benzene rings is 1.